The summed E-state index contributed by atoms with van der Waals surface area (Å²) in [5.41, 5.74) is 3.68. The summed E-state index contributed by atoms with van der Waals surface area (Å²) in [6.45, 7) is 7.09. The van der Waals surface area contributed by atoms with E-state index in [2.05, 4.69) is 32.0 Å². The molecule has 98 valence electrons. The van der Waals surface area contributed by atoms with Gasteiger partial charge in [0, 0.05) is 0 Å². The molecule has 1 aromatic rings. The Bertz CT molecular complexity index is 453. The number of rotatable bonds is 3. The average molecular weight is 248 g/mol. The molecule has 3 nitrogen and oxygen atoms in total. The maximum atomic E-state index is 9.79. The lowest BCUT2D eigenvalue weighted by atomic mass is 9.57. The molecular formula is C15H20O3. The zero-order chi connectivity index (χ0) is 12.8. The van der Waals surface area contributed by atoms with Crippen LogP contribution in [0.4, 0.5) is 0 Å². The molecule has 2 heterocycles. The summed E-state index contributed by atoms with van der Waals surface area (Å²) in [7, 11) is 0. The molecule has 0 unspecified atom stereocenters. The van der Waals surface area contributed by atoms with E-state index in [0.717, 1.165) is 0 Å². The highest BCUT2D eigenvalue weighted by molar-refractivity contribution is 5.39. The first-order valence-corrected chi connectivity index (χ1v) is 6.48. The van der Waals surface area contributed by atoms with Crippen molar-refractivity contribution in [2.24, 2.45) is 5.41 Å². The van der Waals surface area contributed by atoms with E-state index in [1.165, 1.54) is 16.7 Å². The fraction of sp³-hybridized carbons (Fsp3) is 0.600. The molecule has 2 aliphatic heterocycles. The zero-order valence-electron chi connectivity index (χ0n) is 11.0. The number of aliphatic hydroxyl groups excluding tert-OH is 1. The van der Waals surface area contributed by atoms with Gasteiger partial charge in [0.15, 0.2) is 0 Å². The summed E-state index contributed by atoms with van der Waals surface area (Å²) in [5, 5.41) is 9.79. The highest BCUT2D eigenvalue weighted by atomic mass is 16.5. The molecule has 3 rings (SSSR count). The van der Waals surface area contributed by atoms with Crippen LogP contribution in [0.1, 0.15) is 16.7 Å². The Kier molecular flexibility index (Phi) is 2.73. The summed E-state index contributed by atoms with van der Waals surface area (Å²) in [4.78, 5) is 0. The second kappa shape index (κ2) is 4.05. The second-order valence-electron chi connectivity index (χ2n) is 5.81. The van der Waals surface area contributed by atoms with E-state index < -0.39 is 0 Å². The van der Waals surface area contributed by atoms with Gasteiger partial charge in [-0.3, -0.25) is 0 Å². The van der Waals surface area contributed by atoms with Crippen LogP contribution in [0.5, 0.6) is 0 Å². The highest BCUT2D eigenvalue weighted by Gasteiger charge is 2.60. The van der Waals surface area contributed by atoms with Gasteiger partial charge in [0.25, 0.3) is 0 Å². The van der Waals surface area contributed by atoms with Crippen molar-refractivity contribution in [1.29, 1.82) is 0 Å². The quantitative estimate of drug-likeness (QED) is 0.882. The molecule has 3 heteroatoms. The first kappa shape index (κ1) is 12.2. The molecule has 0 saturated carbocycles. The summed E-state index contributed by atoms with van der Waals surface area (Å²) in [5.74, 6) is 0. The molecule has 1 N–H and O–H groups in total. The molecule has 1 aromatic carbocycles. The lowest BCUT2D eigenvalue weighted by Gasteiger charge is -2.58. The first-order chi connectivity index (χ1) is 8.63. The van der Waals surface area contributed by atoms with Crippen LogP contribution < -0.4 is 0 Å². The Morgan fingerprint density at radius 3 is 2.11 bits per heavy atom. The van der Waals surface area contributed by atoms with E-state index in [1.54, 1.807) is 0 Å². The minimum atomic E-state index is -0.146. The third-order valence-corrected chi connectivity index (χ3v) is 4.83. The van der Waals surface area contributed by atoms with Gasteiger partial charge in [-0.2, -0.15) is 0 Å². The van der Waals surface area contributed by atoms with Crippen LogP contribution in [0, 0.1) is 19.3 Å². The van der Waals surface area contributed by atoms with Gasteiger partial charge in [-0.05, 0) is 30.5 Å². The number of benzene rings is 1. The fourth-order valence-corrected chi connectivity index (χ4v) is 2.99. The summed E-state index contributed by atoms with van der Waals surface area (Å²) < 4.78 is 10.9. The van der Waals surface area contributed by atoms with Crippen molar-refractivity contribution in [3.8, 4) is 0 Å². The van der Waals surface area contributed by atoms with E-state index in [0.29, 0.717) is 26.4 Å². The largest absolute Gasteiger partial charge is 0.396 e. The van der Waals surface area contributed by atoms with Crippen LogP contribution in [-0.4, -0.2) is 38.1 Å². The average Bonchev–Trinajstić information content (AvgIpc) is 2.25. The van der Waals surface area contributed by atoms with Crippen molar-refractivity contribution in [3.63, 3.8) is 0 Å². The van der Waals surface area contributed by atoms with E-state index in [1.807, 2.05) is 0 Å². The summed E-state index contributed by atoms with van der Waals surface area (Å²) in [6.07, 6.45) is 0. The number of aliphatic hydroxyl groups is 1. The molecule has 2 aliphatic rings. The monoisotopic (exact) mass is 248 g/mol. The number of hydrogen-bond donors (Lipinski definition) is 1. The zero-order valence-corrected chi connectivity index (χ0v) is 11.0. The van der Waals surface area contributed by atoms with Crippen LogP contribution in [0.2, 0.25) is 0 Å². The van der Waals surface area contributed by atoms with Gasteiger partial charge in [0.05, 0.1) is 43.9 Å². The van der Waals surface area contributed by atoms with Crippen molar-refractivity contribution < 1.29 is 14.6 Å². The van der Waals surface area contributed by atoms with Crippen molar-refractivity contribution in [3.05, 3.63) is 34.9 Å². The number of ether oxygens (including phenoxy) is 2. The molecule has 0 aromatic heterocycles. The summed E-state index contributed by atoms with van der Waals surface area (Å²) in [6, 6.07) is 6.59. The Balaban J connectivity index is 2.03. The van der Waals surface area contributed by atoms with Crippen molar-refractivity contribution in [2.75, 3.05) is 33.0 Å². The van der Waals surface area contributed by atoms with Crippen molar-refractivity contribution in [2.45, 2.75) is 19.3 Å². The highest BCUT2D eigenvalue weighted by Crippen LogP contribution is 2.51. The molecule has 0 aliphatic carbocycles. The topological polar surface area (TPSA) is 38.7 Å². The minimum absolute atomic E-state index is 0.0571. The third kappa shape index (κ3) is 1.41. The lowest BCUT2D eigenvalue weighted by molar-refractivity contribution is -0.242. The normalized spacial score (nSPS) is 24.2. The third-order valence-electron chi connectivity index (χ3n) is 4.83. The summed E-state index contributed by atoms with van der Waals surface area (Å²) >= 11 is 0. The van der Waals surface area contributed by atoms with E-state index in [9.17, 15) is 5.11 Å². The Morgan fingerprint density at radius 2 is 1.72 bits per heavy atom. The first-order valence-electron chi connectivity index (χ1n) is 6.48. The second-order valence-corrected chi connectivity index (χ2v) is 5.81. The van der Waals surface area contributed by atoms with E-state index >= 15 is 0 Å². The maximum Gasteiger partial charge on any atom is 0.0593 e. The number of hydrogen-bond acceptors (Lipinski definition) is 3. The minimum Gasteiger partial charge on any atom is -0.396 e. The van der Waals surface area contributed by atoms with Crippen molar-refractivity contribution >= 4 is 0 Å². The number of aryl methyl sites for hydroxylation is 2. The van der Waals surface area contributed by atoms with Gasteiger partial charge in [0.2, 0.25) is 0 Å². The molecule has 18 heavy (non-hydrogen) atoms. The Hall–Kier alpha value is -0.900. The Labute approximate surface area is 108 Å². The predicted molar refractivity (Wildman–Crippen MR) is 68.8 cm³/mol. The van der Waals surface area contributed by atoms with Crippen molar-refractivity contribution in [1.82, 2.24) is 0 Å². The molecule has 0 radical (unpaired) electrons. The van der Waals surface area contributed by atoms with Crippen LogP contribution >= 0.6 is 0 Å². The van der Waals surface area contributed by atoms with Crippen LogP contribution in [-0.2, 0) is 14.9 Å². The van der Waals surface area contributed by atoms with Gasteiger partial charge in [0.1, 0.15) is 0 Å². The smallest absolute Gasteiger partial charge is 0.0593 e. The maximum absolute atomic E-state index is 9.79. The molecular weight excluding hydrogens is 228 g/mol. The van der Waals surface area contributed by atoms with Gasteiger partial charge < -0.3 is 14.6 Å². The molecule has 0 amide bonds. The van der Waals surface area contributed by atoms with Crippen LogP contribution in [0.3, 0.4) is 0 Å². The van der Waals surface area contributed by atoms with Gasteiger partial charge in [-0.1, -0.05) is 18.2 Å². The molecule has 0 spiro atoms. The molecule has 2 saturated heterocycles. The van der Waals surface area contributed by atoms with Gasteiger partial charge >= 0.3 is 0 Å². The van der Waals surface area contributed by atoms with Gasteiger partial charge in [-0.15, -0.1) is 0 Å². The Morgan fingerprint density at radius 1 is 1.06 bits per heavy atom. The van der Waals surface area contributed by atoms with E-state index in [-0.39, 0.29) is 17.4 Å². The van der Waals surface area contributed by atoms with Gasteiger partial charge in [-0.25, -0.2) is 0 Å². The molecule has 0 bridgehead atoms. The van der Waals surface area contributed by atoms with Crippen LogP contribution in [0.25, 0.3) is 0 Å². The molecule has 2 fully saturated rings. The SMILES string of the molecule is Cc1ccc(C2(C3(CO)COC3)COC2)cc1C. The van der Waals surface area contributed by atoms with Crippen LogP contribution in [0.15, 0.2) is 18.2 Å². The predicted octanol–water partition coefficient (Wildman–Crippen LogP) is 1.58. The lowest BCUT2D eigenvalue weighted by Crippen LogP contribution is -2.68. The standard InChI is InChI=1S/C15H20O3/c1-11-3-4-13(5-12(11)2)15(9-18-10-15)14(6-16)7-17-8-14/h3-5,16H,6-10H2,1-2H3. The fourth-order valence-electron chi connectivity index (χ4n) is 2.99. The van der Waals surface area contributed by atoms with E-state index in [4.69, 9.17) is 9.47 Å². The molecule has 0 atom stereocenters.